The SMILES string of the molecule is Cc1cc(C(C)NC(=O)C2CCc3ccccc3O2)c(F)cc1NS(C)(=O)=O. The molecule has 0 aliphatic carbocycles. The topological polar surface area (TPSA) is 84.5 Å². The maximum atomic E-state index is 14.5. The van der Waals surface area contributed by atoms with Gasteiger partial charge in [0.25, 0.3) is 5.91 Å². The predicted octanol–water partition coefficient (Wildman–Crippen LogP) is 3.08. The first-order chi connectivity index (χ1) is 13.1. The second-order valence-electron chi connectivity index (χ2n) is 7.05. The van der Waals surface area contributed by atoms with Crippen LogP contribution in [0.1, 0.15) is 36.1 Å². The number of benzene rings is 2. The molecule has 2 unspecified atom stereocenters. The number of carbonyl (C=O) groups is 1. The van der Waals surface area contributed by atoms with Gasteiger partial charge in [-0.25, -0.2) is 12.8 Å². The van der Waals surface area contributed by atoms with Gasteiger partial charge in [-0.15, -0.1) is 0 Å². The molecule has 150 valence electrons. The van der Waals surface area contributed by atoms with Gasteiger partial charge in [0, 0.05) is 5.56 Å². The van der Waals surface area contributed by atoms with Crippen molar-refractivity contribution < 1.29 is 22.3 Å². The van der Waals surface area contributed by atoms with Crippen molar-refractivity contribution in [3.05, 3.63) is 58.9 Å². The molecule has 1 aliphatic heterocycles. The monoisotopic (exact) mass is 406 g/mol. The van der Waals surface area contributed by atoms with Crippen molar-refractivity contribution >= 4 is 21.6 Å². The van der Waals surface area contributed by atoms with Crippen molar-refractivity contribution in [3.8, 4) is 5.75 Å². The number of hydrogen-bond donors (Lipinski definition) is 2. The van der Waals surface area contributed by atoms with Crippen molar-refractivity contribution in [1.29, 1.82) is 0 Å². The van der Waals surface area contributed by atoms with E-state index in [2.05, 4.69) is 10.0 Å². The summed E-state index contributed by atoms with van der Waals surface area (Å²) in [5.41, 5.74) is 2.08. The fourth-order valence-corrected chi connectivity index (χ4v) is 3.86. The Kier molecular flexibility index (Phi) is 5.60. The van der Waals surface area contributed by atoms with Gasteiger partial charge in [0.15, 0.2) is 6.10 Å². The van der Waals surface area contributed by atoms with Crippen LogP contribution in [0.15, 0.2) is 36.4 Å². The summed E-state index contributed by atoms with van der Waals surface area (Å²) in [6.07, 6.45) is 1.66. The number of para-hydroxylation sites is 1. The molecule has 1 aliphatic rings. The molecule has 1 heterocycles. The van der Waals surface area contributed by atoms with Crippen LogP contribution in [0.2, 0.25) is 0 Å². The van der Waals surface area contributed by atoms with E-state index in [1.165, 1.54) is 6.07 Å². The van der Waals surface area contributed by atoms with Crippen LogP contribution in [0.25, 0.3) is 0 Å². The van der Waals surface area contributed by atoms with E-state index in [0.29, 0.717) is 17.7 Å². The number of nitrogens with one attached hydrogen (secondary N) is 2. The van der Waals surface area contributed by atoms with Gasteiger partial charge in [-0.05, 0) is 56.0 Å². The summed E-state index contributed by atoms with van der Waals surface area (Å²) in [5.74, 6) is -0.211. The minimum absolute atomic E-state index is 0.175. The number of carbonyl (C=O) groups excluding carboxylic acids is 1. The van der Waals surface area contributed by atoms with Gasteiger partial charge < -0.3 is 10.1 Å². The lowest BCUT2D eigenvalue weighted by atomic mass is 10.0. The number of fused-ring (bicyclic) bond motifs is 1. The zero-order chi connectivity index (χ0) is 20.5. The normalized spacial score (nSPS) is 17.2. The Labute approximate surface area is 164 Å². The number of rotatable bonds is 5. The zero-order valence-electron chi connectivity index (χ0n) is 16.0. The van der Waals surface area contributed by atoms with Crippen LogP contribution in [0.3, 0.4) is 0 Å². The van der Waals surface area contributed by atoms with Gasteiger partial charge in [-0.2, -0.15) is 0 Å². The summed E-state index contributed by atoms with van der Waals surface area (Å²) in [7, 11) is -3.51. The zero-order valence-corrected chi connectivity index (χ0v) is 16.8. The molecular weight excluding hydrogens is 383 g/mol. The Bertz CT molecular complexity index is 1010. The largest absolute Gasteiger partial charge is 0.480 e. The second-order valence-corrected chi connectivity index (χ2v) is 8.79. The molecule has 2 aromatic carbocycles. The molecule has 0 spiro atoms. The standard InChI is InChI=1S/C20H23FN2O4S/c1-12-10-15(16(21)11-17(12)23-28(3,25)26)13(2)22-20(24)19-9-8-14-6-4-5-7-18(14)27-19/h4-7,10-11,13,19,23H,8-9H2,1-3H3,(H,22,24). The Hall–Kier alpha value is -2.61. The van der Waals surface area contributed by atoms with E-state index < -0.39 is 28.0 Å². The minimum atomic E-state index is -3.51. The van der Waals surface area contributed by atoms with Gasteiger partial charge in [-0.3, -0.25) is 9.52 Å². The molecule has 0 radical (unpaired) electrons. The van der Waals surface area contributed by atoms with E-state index in [-0.39, 0.29) is 17.2 Å². The fourth-order valence-electron chi connectivity index (χ4n) is 3.24. The highest BCUT2D eigenvalue weighted by Crippen LogP contribution is 2.28. The Balaban J connectivity index is 1.72. The van der Waals surface area contributed by atoms with Gasteiger partial charge in [0.2, 0.25) is 10.0 Å². The van der Waals surface area contributed by atoms with E-state index in [4.69, 9.17) is 4.74 Å². The smallest absolute Gasteiger partial charge is 0.261 e. The summed E-state index contributed by atoms with van der Waals surface area (Å²) in [6.45, 7) is 3.35. The maximum Gasteiger partial charge on any atom is 0.261 e. The quantitative estimate of drug-likeness (QED) is 0.799. The van der Waals surface area contributed by atoms with E-state index in [9.17, 15) is 17.6 Å². The van der Waals surface area contributed by atoms with Gasteiger partial charge in [-0.1, -0.05) is 18.2 Å². The molecule has 2 N–H and O–H groups in total. The van der Waals surface area contributed by atoms with Crippen molar-refractivity contribution in [2.75, 3.05) is 11.0 Å². The molecule has 0 saturated heterocycles. The first kappa shape index (κ1) is 20.1. The maximum absolute atomic E-state index is 14.5. The third-order valence-electron chi connectivity index (χ3n) is 4.67. The number of sulfonamides is 1. The molecule has 0 bridgehead atoms. The van der Waals surface area contributed by atoms with Crippen LogP contribution in [0, 0.1) is 12.7 Å². The summed E-state index contributed by atoms with van der Waals surface area (Å²) in [6, 6.07) is 9.64. The number of hydrogen-bond acceptors (Lipinski definition) is 4. The fraction of sp³-hybridized carbons (Fsp3) is 0.350. The van der Waals surface area contributed by atoms with Crippen LogP contribution in [0.4, 0.5) is 10.1 Å². The molecular formula is C20H23FN2O4S. The Morgan fingerprint density at radius 3 is 2.71 bits per heavy atom. The number of halogens is 1. The van der Waals surface area contributed by atoms with Crippen LogP contribution in [0.5, 0.6) is 5.75 Å². The number of ether oxygens (including phenoxy) is 1. The summed E-state index contributed by atoms with van der Waals surface area (Å²) in [4.78, 5) is 12.6. The summed E-state index contributed by atoms with van der Waals surface area (Å²) >= 11 is 0. The molecule has 0 fully saturated rings. The van der Waals surface area contributed by atoms with Crippen molar-refractivity contribution in [3.63, 3.8) is 0 Å². The molecule has 28 heavy (non-hydrogen) atoms. The molecule has 0 aromatic heterocycles. The number of aryl methyl sites for hydroxylation is 2. The average molecular weight is 406 g/mol. The Morgan fingerprint density at radius 2 is 2.00 bits per heavy atom. The number of amides is 1. The summed E-state index contributed by atoms with van der Waals surface area (Å²) in [5, 5.41) is 2.79. The molecule has 2 aromatic rings. The van der Waals surface area contributed by atoms with Crippen molar-refractivity contribution in [2.45, 2.75) is 38.8 Å². The van der Waals surface area contributed by atoms with Crippen molar-refractivity contribution in [1.82, 2.24) is 5.32 Å². The summed E-state index contributed by atoms with van der Waals surface area (Å²) < 4.78 is 45.4. The highest BCUT2D eigenvalue weighted by molar-refractivity contribution is 7.92. The highest BCUT2D eigenvalue weighted by atomic mass is 32.2. The third kappa shape index (κ3) is 4.62. The molecule has 2 atom stereocenters. The minimum Gasteiger partial charge on any atom is -0.480 e. The first-order valence-electron chi connectivity index (χ1n) is 8.97. The average Bonchev–Trinajstić information content (AvgIpc) is 2.62. The van der Waals surface area contributed by atoms with Gasteiger partial charge in [0.1, 0.15) is 11.6 Å². The van der Waals surface area contributed by atoms with E-state index in [0.717, 1.165) is 24.3 Å². The van der Waals surface area contributed by atoms with E-state index in [1.807, 2.05) is 24.3 Å². The van der Waals surface area contributed by atoms with Crippen LogP contribution in [-0.2, 0) is 21.2 Å². The molecule has 8 heteroatoms. The molecule has 6 nitrogen and oxygen atoms in total. The Morgan fingerprint density at radius 1 is 1.29 bits per heavy atom. The van der Waals surface area contributed by atoms with Crippen LogP contribution < -0.4 is 14.8 Å². The van der Waals surface area contributed by atoms with Crippen LogP contribution in [-0.4, -0.2) is 26.7 Å². The highest BCUT2D eigenvalue weighted by Gasteiger charge is 2.27. The predicted molar refractivity (Wildman–Crippen MR) is 105 cm³/mol. The van der Waals surface area contributed by atoms with Gasteiger partial charge in [0.05, 0.1) is 18.0 Å². The van der Waals surface area contributed by atoms with Gasteiger partial charge >= 0.3 is 0 Å². The second kappa shape index (κ2) is 7.79. The third-order valence-corrected chi connectivity index (χ3v) is 5.27. The lowest BCUT2D eigenvalue weighted by molar-refractivity contribution is -0.129. The molecule has 1 amide bonds. The van der Waals surface area contributed by atoms with Crippen LogP contribution >= 0.6 is 0 Å². The van der Waals surface area contributed by atoms with Crippen molar-refractivity contribution in [2.24, 2.45) is 0 Å². The van der Waals surface area contributed by atoms with E-state index >= 15 is 0 Å². The lowest BCUT2D eigenvalue weighted by Gasteiger charge is -2.27. The lowest BCUT2D eigenvalue weighted by Crippen LogP contribution is -2.41. The molecule has 0 saturated carbocycles. The number of anilines is 1. The van der Waals surface area contributed by atoms with E-state index in [1.54, 1.807) is 13.8 Å². The molecule has 3 rings (SSSR count). The first-order valence-corrected chi connectivity index (χ1v) is 10.9.